The molecule has 0 fully saturated rings. The molecule has 1 atom stereocenters. The highest BCUT2D eigenvalue weighted by molar-refractivity contribution is 5.39. The van der Waals surface area contributed by atoms with Gasteiger partial charge in [-0.3, -0.25) is 10.1 Å². The van der Waals surface area contributed by atoms with Crippen LogP contribution in [-0.2, 0) is 4.74 Å². The zero-order valence-corrected chi connectivity index (χ0v) is 10.3. The molecule has 0 aliphatic heterocycles. The van der Waals surface area contributed by atoms with Gasteiger partial charge < -0.3 is 10.1 Å². The van der Waals surface area contributed by atoms with Gasteiger partial charge in [-0.05, 0) is 24.3 Å². The van der Waals surface area contributed by atoms with Crippen molar-refractivity contribution in [1.29, 1.82) is 0 Å². The molecule has 6 heteroatoms. The van der Waals surface area contributed by atoms with E-state index in [1.54, 1.807) is 25.4 Å². The Hall–Kier alpha value is -2.47. The number of pyridine rings is 1. The highest BCUT2D eigenvalue weighted by Crippen LogP contribution is 2.21. The summed E-state index contributed by atoms with van der Waals surface area (Å²) in [4.78, 5) is 14.3. The Bertz CT molecular complexity index is 543. The SMILES string of the molecule is CO[C@@H](Nc1ccccn1)c1ccc([N+](=O)[O-])cc1. The summed E-state index contributed by atoms with van der Waals surface area (Å²) in [6.07, 6.45) is 1.26. The number of nitro groups is 1. The Kier molecular flexibility index (Phi) is 4.04. The van der Waals surface area contributed by atoms with Crippen LogP contribution in [-0.4, -0.2) is 17.0 Å². The van der Waals surface area contributed by atoms with E-state index in [2.05, 4.69) is 10.3 Å². The van der Waals surface area contributed by atoms with Crippen LogP contribution in [0.1, 0.15) is 11.8 Å². The number of anilines is 1. The summed E-state index contributed by atoms with van der Waals surface area (Å²) in [5.74, 6) is 0.674. The molecule has 1 heterocycles. The van der Waals surface area contributed by atoms with Crippen molar-refractivity contribution in [3.63, 3.8) is 0 Å². The van der Waals surface area contributed by atoms with Crippen LogP contribution < -0.4 is 5.32 Å². The molecule has 0 bridgehead atoms. The second-order valence-corrected chi connectivity index (χ2v) is 3.82. The largest absolute Gasteiger partial charge is 0.357 e. The Balaban J connectivity index is 2.15. The van der Waals surface area contributed by atoms with Gasteiger partial charge in [-0.1, -0.05) is 6.07 Å². The van der Waals surface area contributed by atoms with Gasteiger partial charge in [-0.15, -0.1) is 0 Å². The van der Waals surface area contributed by atoms with Crippen molar-refractivity contribution < 1.29 is 9.66 Å². The number of hydrogen-bond donors (Lipinski definition) is 1. The topological polar surface area (TPSA) is 77.3 Å². The molecule has 0 amide bonds. The van der Waals surface area contributed by atoms with E-state index in [1.165, 1.54) is 12.1 Å². The van der Waals surface area contributed by atoms with Crippen molar-refractivity contribution in [3.8, 4) is 0 Å². The zero-order chi connectivity index (χ0) is 13.7. The van der Waals surface area contributed by atoms with E-state index in [0.717, 1.165) is 5.56 Å². The van der Waals surface area contributed by atoms with E-state index in [0.29, 0.717) is 5.82 Å². The molecule has 2 rings (SSSR count). The van der Waals surface area contributed by atoms with Crippen molar-refractivity contribution in [1.82, 2.24) is 4.98 Å². The number of nitro benzene ring substituents is 1. The molecule has 0 aliphatic carbocycles. The van der Waals surface area contributed by atoms with Gasteiger partial charge in [0.25, 0.3) is 5.69 Å². The van der Waals surface area contributed by atoms with E-state index in [-0.39, 0.29) is 5.69 Å². The fourth-order valence-corrected chi connectivity index (χ4v) is 1.63. The van der Waals surface area contributed by atoms with Crippen molar-refractivity contribution in [2.75, 3.05) is 12.4 Å². The van der Waals surface area contributed by atoms with Gasteiger partial charge in [-0.2, -0.15) is 0 Å². The summed E-state index contributed by atoms with van der Waals surface area (Å²) in [5.41, 5.74) is 0.843. The molecule has 6 nitrogen and oxygen atoms in total. The predicted octanol–water partition coefficient (Wildman–Crippen LogP) is 2.75. The predicted molar refractivity (Wildman–Crippen MR) is 70.7 cm³/mol. The third-order valence-electron chi connectivity index (χ3n) is 2.59. The Morgan fingerprint density at radius 2 is 2.00 bits per heavy atom. The molecule has 1 aromatic heterocycles. The number of ether oxygens (including phenoxy) is 1. The summed E-state index contributed by atoms with van der Waals surface area (Å²) in [7, 11) is 1.56. The average Bonchev–Trinajstić information content (AvgIpc) is 2.46. The number of nitrogens with zero attached hydrogens (tertiary/aromatic N) is 2. The van der Waals surface area contributed by atoms with Crippen LogP contribution in [0.5, 0.6) is 0 Å². The van der Waals surface area contributed by atoms with Gasteiger partial charge in [0.15, 0.2) is 6.23 Å². The first-order valence-electron chi connectivity index (χ1n) is 5.65. The third-order valence-corrected chi connectivity index (χ3v) is 2.59. The number of non-ortho nitro benzene ring substituents is 1. The van der Waals surface area contributed by atoms with Crippen molar-refractivity contribution in [3.05, 3.63) is 64.3 Å². The first kappa shape index (κ1) is 13.0. The molecular formula is C13H13N3O3. The van der Waals surface area contributed by atoms with E-state index in [1.807, 2.05) is 18.2 Å². The number of aromatic nitrogens is 1. The maximum absolute atomic E-state index is 10.6. The van der Waals surface area contributed by atoms with E-state index < -0.39 is 11.2 Å². The lowest BCUT2D eigenvalue weighted by atomic mass is 10.2. The summed E-state index contributed by atoms with van der Waals surface area (Å²) in [6, 6.07) is 11.7. The Morgan fingerprint density at radius 3 is 2.53 bits per heavy atom. The van der Waals surface area contributed by atoms with E-state index in [4.69, 9.17) is 4.74 Å². The van der Waals surface area contributed by atoms with Gasteiger partial charge in [0.2, 0.25) is 0 Å². The van der Waals surface area contributed by atoms with Crippen LogP contribution in [0.2, 0.25) is 0 Å². The lowest BCUT2D eigenvalue weighted by Crippen LogP contribution is -2.13. The summed E-state index contributed by atoms with van der Waals surface area (Å²) in [5, 5.41) is 13.7. The van der Waals surface area contributed by atoms with Gasteiger partial charge in [0.05, 0.1) is 4.92 Å². The minimum absolute atomic E-state index is 0.0523. The Morgan fingerprint density at radius 1 is 1.26 bits per heavy atom. The molecule has 19 heavy (non-hydrogen) atoms. The van der Waals surface area contributed by atoms with E-state index >= 15 is 0 Å². The smallest absolute Gasteiger partial charge is 0.269 e. The zero-order valence-electron chi connectivity index (χ0n) is 10.3. The number of hydrogen-bond acceptors (Lipinski definition) is 5. The minimum atomic E-state index is -0.433. The number of benzene rings is 1. The van der Waals surface area contributed by atoms with Gasteiger partial charge in [0, 0.05) is 31.0 Å². The van der Waals surface area contributed by atoms with Gasteiger partial charge in [-0.25, -0.2) is 4.98 Å². The fourth-order valence-electron chi connectivity index (χ4n) is 1.63. The monoisotopic (exact) mass is 259 g/mol. The molecule has 2 aromatic rings. The first-order valence-corrected chi connectivity index (χ1v) is 5.65. The maximum atomic E-state index is 10.6. The van der Waals surface area contributed by atoms with Crippen LogP contribution in [0.15, 0.2) is 48.7 Å². The molecule has 0 radical (unpaired) electrons. The van der Waals surface area contributed by atoms with Gasteiger partial charge >= 0.3 is 0 Å². The lowest BCUT2D eigenvalue weighted by Gasteiger charge is -2.17. The normalized spacial score (nSPS) is 11.8. The van der Waals surface area contributed by atoms with Gasteiger partial charge in [0.1, 0.15) is 5.82 Å². The summed E-state index contributed by atoms with van der Waals surface area (Å²) in [6.45, 7) is 0. The molecule has 1 aromatic carbocycles. The minimum Gasteiger partial charge on any atom is -0.357 e. The molecule has 0 spiro atoms. The molecule has 0 aliphatic rings. The fraction of sp³-hybridized carbons (Fsp3) is 0.154. The standard InChI is InChI=1S/C13H13N3O3/c1-19-13(15-12-4-2-3-9-14-12)10-5-7-11(8-6-10)16(17)18/h2-9,13H,1H3,(H,14,15)/t13-/m1/s1. The highest BCUT2D eigenvalue weighted by Gasteiger charge is 2.12. The molecule has 1 N–H and O–H groups in total. The average molecular weight is 259 g/mol. The van der Waals surface area contributed by atoms with Crippen LogP contribution in [0, 0.1) is 10.1 Å². The molecule has 0 saturated carbocycles. The summed E-state index contributed by atoms with van der Waals surface area (Å²) >= 11 is 0. The maximum Gasteiger partial charge on any atom is 0.269 e. The third kappa shape index (κ3) is 3.26. The Labute approximate surface area is 110 Å². The second-order valence-electron chi connectivity index (χ2n) is 3.82. The second kappa shape index (κ2) is 5.92. The number of methoxy groups -OCH3 is 1. The first-order chi connectivity index (χ1) is 9.20. The van der Waals surface area contributed by atoms with E-state index in [9.17, 15) is 10.1 Å². The quantitative estimate of drug-likeness (QED) is 0.507. The molecular weight excluding hydrogens is 246 g/mol. The summed E-state index contributed by atoms with van der Waals surface area (Å²) < 4.78 is 5.32. The van der Waals surface area contributed by atoms with Crippen molar-refractivity contribution >= 4 is 11.5 Å². The molecule has 0 unspecified atom stereocenters. The van der Waals surface area contributed by atoms with Crippen LogP contribution >= 0.6 is 0 Å². The molecule has 0 saturated heterocycles. The van der Waals surface area contributed by atoms with Crippen molar-refractivity contribution in [2.24, 2.45) is 0 Å². The number of nitrogens with one attached hydrogen (secondary N) is 1. The number of rotatable bonds is 5. The van der Waals surface area contributed by atoms with Crippen LogP contribution in [0.25, 0.3) is 0 Å². The van der Waals surface area contributed by atoms with Crippen LogP contribution in [0.4, 0.5) is 11.5 Å². The van der Waals surface area contributed by atoms with Crippen LogP contribution in [0.3, 0.4) is 0 Å². The highest BCUT2D eigenvalue weighted by atomic mass is 16.6. The van der Waals surface area contributed by atoms with Crippen molar-refractivity contribution in [2.45, 2.75) is 6.23 Å². The lowest BCUT2D eigenvalue weighted by molar-refractivity contribution is -0.384. The molecule has 98 valence electrons.